The lowest BCUT2D eigenvalue weighted by molar-refractivity contribution is 0.319. The second-order valence-corrected chi connectivity index (χ2v) is 5.00. The topological polar surface area (TPSA) is 51.0 Å². The molecule has 84 valence electrons. The molecular formula is C10H16FN3O. The maximum Gasteiger partial charge on any atom is 0.243 e. The van der Waals surface area contributed by atoms with Gasteiger partial charge in [0.05, 0.1) is 6.04 Å². The Morgan fingerprint density at radius 3 is 2.67 bits per heavy atom. The summed E-state index contributed by atoms with van der Waals surface area (Å²) in [6.45, 7) is 6.42. The molecule has 1 aliphatic heterocycles. The van der Waals surface area contributed by atoms with Crippen molar-refractivity contribution in [1.82, 2.24) is 15.5 Å². The van der Waals surface area contributed by atoms with E-state index in [-0.39, 0.29) is 11.5 Å². The van der Waals surface area contributed by atoms with Crippen molar-refractivity contribution in [2.45, 2.75) is 44.8 Å². The Bertz CT molecular complexity index is 345. The third-order valence-electron chi connectivity index (χ3n) is 2.49. The highest BCUT2D eigenvalue weighted by molar-refractivity contribution is 5.03. The molecule has 1 aromatic rings. The summed E-state index contributed by atoms with van der Waals surface area (Å²) in [6.07, 6.45) is -0.383. The van der Waals surface area contributed by atoms with Crippen molar-refractivity contribution < 1.29 is 8.91 Å². The van der Waals surface area contributed by atoms with E-state index in [1.54, 1.807) is 0 Å². The van der Waals surface area contributed by atoms with E-state index in [4.69, 9.17) is 4.52 Å². The molecular weight excluding hydrogens is 197 g/mol. The molecule has 0 unspecified atom stereocenters. The molecule has 4 nitrogen and oxygen atoms in total. The zero-order valence-corrected chi connectivity index (χ0v) is 9.25. The highest BCUT2D eigenvalue weighted by Crippen LogP contribution is 2.26. The minimum absolute atomic E-state index is 0.122. The van der Waals surface area contributed by atoms with Crippen LogP contribution in [-0.2, 0) is 5.41 Å². The Balaban J connectivity index is 2.14. The summed E-state index contributed by atoms with van der Waals surface area (Å²) in [6, 6.07) is -0.122. The second-order valence-electron chi connectivity index (χ2n) is 5.00. The number of hydrogen-bond acceptors (Lipinski definition) is 4. The van der Waals surface area contributed by atoms with Crippen molar-refractivity contribution in [3.63, 3.8) is 0 Å². The van der Waals surface area contributed by atoms with Gasteiger partial charge in [0.15, 0.2) is 5.82 Å². The van der Waals surface area contributed by atoms with Gasteiger partial charge in [-0.3, -0.25) is 0 Å². The van der Waals surface area contributed by atoms with Gasteiger partial charge < -0.3 is 9.84 Å². The van der Waals surface area contributed by atoms with Crippen LogP contribution in [0, 0.1) is 0 Å². The monoisotopic (exact) mass is 213 g/mol. The van der Waals surface area contributed by atoms with E-state index in [1.165, 1.54) is 0 Å². The zero-order valence-electron chi connectivity index (χ0n) is 9.25. The first-order valence-corrected chi connectivity index (χ1v) is 5.18. The Morgan fingerprint density at radius 1 is 1.47 bits per heavy atom. The molecule has 15 heavy (non-hydrogen) atoms. The number of aromatic nitrogens is 2. The van der Waals surface area contributed by atoms with E-state index >= 15 is 0 Å². The summed E-state index contributed by atoms with van der Waals surface area (Å²) in [5.41, 5.74) is -0.129. The average molecular weight is 213 g/mol. The molecule has 2 rings (SSSR count). The van der Waals surface area contributed by atoms with Gasteiger partial charge in [-0.1, -0.05) is 25.9 Å². The van der Waals surface area contributed by atoms with Gasteiger partial charge in [-0.05, 0) is 0 Å². The van der Waals surface area contributed by atoms with E-state index in [0.717, 1.165) is 0 Å². The molecule has 0 amide bonds. The summed E-state index contributed by atoms with van der Waals surface area (Å²) in [7, 11) is 0. The zero-order chi connectivity index (χ0) is 11.1. The molecule has 2 atom stereocenters. The molecule has 1 N–H and O–H groups in total. The van der Waals surface area contributed by atoms with Crippen LogP contribution in [0.3, 0.4) is 0 Å². The van der Waals surface area contributed by atoms with Crippen LogP contribution in [-0.4, -0.2) is 22.9 Å². The standard InChI is InChI=1S/C10H16FN3O/c1-10(2,3)9-13-8(15-14-9)7-4-6(11)5-12-7/h6-7,12H,4-5H2,1-3H3/t6-,7+/m0/s1. The molecule has 1 aromatic heterocycles. The Kier molecular flexibility index (Phi) is 2.50. The molecule has 0 spiro atoms. The van der Waals surface area contributed by atoms with Gasteiger partial charge in [-0.25, -0.2) is 4.39 Å². The van der Waals surface area contributed by atoms with Crippen LogP contribution >= 0.6 is 0 Å². The largest absolute Gasteiger partial charge is 0.338 e. The van der Waals surface area contributed by atoms with Crippen LogP contribution < -0.4 is 5.32 Å². The fraction of sp³-hybridized carbons (Fsp3) is 0.800. The van der Waals surface area contributed by atoms with Gasteiger partial charge in [0.25, 0.3) is 0 Å². The summed E-state index contributed by atoms with van der Waals surface area (Å²) in [4.78, 5) is 4.29. The number of rotatable bonds is 1. The van der Waals surface area contributed by atoms with E-state index in [2.05, 4.69) is 15.5 Å². The number of nitrogens with one attached hydrogen (secondary N) is 1. The molecule has 1 aliphatic rings. The fourth-order valence-electron chi connectivity index (χ4n) is 1.56. The minimum atomic E-state index is -0.806. The average Bonchev–Trinajstić information content (AvgIpc) is 2.69. The predicted molar refractivity (Wildman–Crippen MR) is 53.3 cm³/mol. The minimum Gasteiger partial charge on any atom is -0.338 e. The van der Waals surface area contributed by atoms with Crippen molar-refractivity contribution in [2.24, 2.45) is 0 Å². The third-order valence-corrected chi connectivity index (χ3v) is 2.49. The molecule has 0 aromatic carbocycles. The highest BCUT2D eigenvalue weighted by atomic mass is 19.1. The Morgan fingerprint density at radius 2 is 2.20 bits per heavy atom. The number of halogens is 1. The third kappa shape index (κ3) is 2.17. The van der Waals surface area contributed by atoms with E-state index in [1.807, 2.05) is 20.8 Å². The summed E-state index contributed by atoms with van der Waals surface area (Å²) in [5, 5.41) is 6.92. The van der Waals surface area contributed by atoms with Crippen LogP contribution in [0.1, 0.15) is 44.9 Å². The summed E-state index contributed by atoms with van der Waals surface area (Å²) in [5.74, 6) is 1.17. The van der Waals surface area contributed by atoms with Crippen LogP contribution in [0.5, 0.6) is 0 Å². The molecule has 1 fully saturated rings. The molecule has 1 saturated heterocycles. The van der Waals surface area contributed by atoms with Gasteiger partial charge in [-0.15, -0.1) is 0 Å². The van der Waals surface area contributed by atoms with Gasteiger partial charge in [-0.2, -0.15) is 4.98 Å². The smallest absolute Gasteiger partial charge is 0.243 e. The van der Waals surface area contributed by atoms with Crippen molar-refractivity contribution in [2.75, 3.05) is 6.54 Å². The van der Waals surface area contributed by atoms with Crippen LogP contribution in [0.2, 0.25) is 0 Å². The van der Waals surface area contributed by atoms with Crippen molar-refractivity contribution in [3.05, 3.63) is 11.7 Å². The van der Waals surface area contributed by atoms with E-state index < -0.39 is 6.17 Å². The molecule has 0 saturated carbocycles. The Labute approximate surface area is 88.2 Å². The number of hydrogen-bond donors (Lipinski definition) is 1. The molecule has 0 radical (unpaired) electrons. The maximum atomic E-state index is 12.9. The first kappa shape index (κ1) is 10.5. The lowest BCUT2D eigenvalue weighted by Gasteiger charge is -2.11. The lowest BCUT2D eigenvalue weighted by atomic mass is 9.96. The van der Waals surface area contributed by atoms with Gasteiger partial charge in [0.2, 0.25) is 5.89 Å². The molecule has 2 heterocycles. The SMILES string of the molecule is CC(C)(C)c1noc([C@H]2C[C@H](F)CN2)n1. The molecule has 0 bridgehead atoms. The van der Waals surface area contributed by atoms with Gasteiger partial charge >= 0.3 is 0 Å². The first-order chi connectivity index (χ1) is 6.97. The van der Waals surface area contributed by atoms with Crippen molar-refractivity contribution in [1.29, 1.82) is 0 Å². The number of alkyl halides is 1. The van der Waals surface area contributed by atoms with Gasteiger partial charge in [0, 0.05) is 18.4 Å². The quantitative estimate of drug-likeness (QED) is 0.772. The van der Waals surface area contributed by atoms with Crippen LogP contribution in [0.15, 0.2) is 4.52 Å². The molecule has 0 aliphatic carbocycles. The summed E-state index contributed by atoms with van der Waals surface area (Å²) < 4.78 is 18.1. The fourth-order valence-corrected chi connectivity index (χ4v) is 1.56. The number of nitrogens with zero attached hydrogens (tertiary/aromatic N) is 2. The summed E-state index contributed by atoms with van der Waals surface area (Å²) >= 11 is 0. The van der Waals surface area contributed by atoms with Crippen molar-refractivity contribution in [3.8, 4) is 0 Å². The van der Waals surface area contributed by atoms with E-state index in [0.29, 0.717) is 24.7 Å². The second kappa shape index (κ2) is 3.56. The van der Waals surface area contributed by atoms with Crippen molar-refractivity contribution >= 4 is 0 Å². The van der Waals surface area contributed by atoms with Gasteiger partial charge in [0.1, 0.15) is 6.17 Å². The van der Waals surface area contributed by atoms with E-state index in [9.17, 15) is 4.39 Å². The molecule has 5 heteroatoms. The predicted octanol–water partition coefficient (Wildman–Crippen LogP) is 1.74. The lowest BCUT2D eigenvalue weighted by Crippen LogP contribution is -2.16. The first-order valence-electron chi connectivity index (χ1n) is 5.18. The maximum absolute atomic E-state index is 12.9. The van der Waals surface area contributed by atoms with Crippen LogP contribution in [0.4, 0.5) is 4.39 Å². The van der Waals surface area contributed by atoms with Crippen LogP contribution in [0.25, 0.3) is 0 Å². The highest BCUT2D eigenvalue weighted by Gasteiger charge is 2.30. The Hall–Kier alpha value is -0.970. The normalized spacial score (nSPS) is 27.2.